The number of hydrogen-bond donors (Lipinski definition) is 2. The Hall–Kier alpha value is -0.570. The van der Waals surface area contributed by atoms with Crippen molar-refractivity contribution in [3.63, 3.8) is 0 Å². The van der Waals surface area contributed by atoms with Crippen LogP contribution >= 0.6 is 11.6 Å². The smallest absolute Gasteiger partial charge is 0.274 e. The molecule has 2 nitrogen and oxygen atoms in total. The Balaban J connectivity index is 0. The molecule has 0 fully saturated rings. The second-order valence-corrected chi connectivity index (χ2v) is 1.73. The second kappa shape index (κ2) is 5.56. The molecule has 0 aromatic heterocycles. The highest BCUT2D eigenvalue weighted by atomic mass is 35.5. The van der Waals surface area contributed by atoms with E-state index in [2.05, 4.69) is 11.7 Å². The molecule has 3 heteroatoms. The average Bonchev–Trinajstić information content (AvgIpc) is 1.94. The first kappa shape index (κ1) is 8.43. The highest BCUT2D eigenvalue weighted by Gasteiger charge is 1.74. The minimum absolute atomic E-state index is 0. The van der Waals surface area contributed by atoms with E-state index in [1.165, 1.54) is 0 Å². The van der Waals surface area contributed by atoms with E-state index in [4.69, 9.17) is 11.6 Å². The Morgan fingerprint density at radius 1 is 1.11 bits per heavy atom. The Kier molecular flexibility index (Phi) is 5.21. The number of rotatable bonds is 0. The van der Waals surface area contributed by atoms with E-state index in [9.17, 15) is 0 Å². The lowest BCUT2D eigenvalue weighted by Gasteiger charge is -1.80. The normalized spacial score (nSPS) is 7.44. The molecule has 0 aliphatic rings. The molecule has 0 unspecified atom stereocenters. The fourth-order valence-electron chi connectivity index (χ4n) is 0.415. The second-order valence-electron chi connectivity index (χ2n) is 1.30. The van der Waals surface area contributed by atoms with Crippen molar-refractivity contribution in [1.82, 2.24) is 0 Å². The molecular formula is C6H10ClN2+. The topological polar surface area (TPSA) is 52.0 Å². The SMILES string of the molecule is Clc1ccccc1.NN.[H+]. The molecule has 0 heterocycles. The van der Waals surface area contributed by atoms with E-state index in [0.717, 1.165) is 5.02 Å². The molecule has 0 aliphatic heterocycles. The summed E-state index contributed by atoms with van der Waals surface area (Å²) in [5, 5.41) is 0.794. The van der Waals surface area contributed by atoms with Gasteiger partial charge in [0.25, 0.3) is 0 Å². The number of halogens is 1. The van der Waals surface area contributed by atoms with Crippen molar-refractivity contribution in [2.75, 3.05) is 0 Å². The predicted molar refractivity (Wildman–Crippen MR) is 40.9 cm³/mol. The number of hydrazine groups is 1. The van der Waals surface area contributed by atoms with E-state index in [0.29, 0.717) is 0 Å². The molecule has 0 radical (unpaired) electrons. The third kappa shape index (κ3) is 3.97. The lowest BCUT2D eigenvalue weighted by atomic mass is 10.4. The standard InChI is InChI=1S/C6H5Cl.H4N2/c7-6-4-2-1-3-5-6;1-2/h1-5H;1-2H2/p+1. The highest BCUT2D eigenvalue weighted by Crippen LogP contribution is 2.03. The molecule has 1 aromatic rings. The van der Waals surface area contributed by atoms with E-state index in [1.807, 2.05) is 30.3 Å². The van der Waals surface area contributed by atoms with Crippen LogP contribution in [-0.4, -0.2) is 0 Å². The molecule has 0 bridgehead atoms. The quantitative estimate of drug-likeness (QED) is 0.427. The van der Waals surface area contributed by atoms with Crippen LogP contribution in [0.4, 0.5) is 0 Å². The van der Waals surface area contributed by atoms with Gasteiger partial charge in [0.15, 0.2) is 0 Å². The van der Waals surface area contributed by atoms with Crippen molar-refractivity contribution >= 4 is 11.6 Å². The van der Waals surface area contributed by atoms with Gasteiger partial charge in [-0.1, -0.05) is 29.8 Å². The predicted octanol–water partition coefficient (Wildman–Crippen LogP) is 1.27. The van der Waals surface area contributed by atoms with Gasteiger partial charge in [0, 0.05) is 5.02 Å². The van der Waals surface area contributed by atoms with Gasteiger partial charge in [-0.05, 0) is 12.1 Å². The molecule has 50 valence electrons. The summed E-state index contributed by atoms with van der Waals surface area (Å²) >= 11 is 5.54. The van der Waals surface area contributed by atoms with Gasteiger partial charge in [0.05, 0.1) is 0 Å². The summed E-state index contributed by atoms with van der Waals surface area (Å²) in [7, 11) is 0. The molecule has 0 saturated heterocycles. The molecule has 0 aliphatic carbocycles. The average molecular weight is 146 g/mol. The van der Waals surface area contributed by atoms with Gasteiger partial charge in [0.2, 0.25) is 0 Å². The van der Waals surface area contributed by atoms with Gasteiger partial charge in [-0.3, -0.25) is 11.7 Å². The molecule has 1 aromatic carbocycles. The summed E-state index contributed by atoms with van der Waals surface area (Å²) in [6.07, 6.45) is 0. The Labute approximate surface area is 60.9 Å². The minimum Gasteiger partial charge on any atom is -0.274 e. The third-order valence-electron chi connectivity index (χ3n) is 0.733. The molecular weight excluding hydrogens is 136 g/mol. The number of benzene rings is 1. The summed E-state index contributed by atoms with van der Waals surface area (Å²) in [6, 6.07) is 9.44. The lowest BCUT2D eigenvalue weighted by molar-refractivity contribution is 1.26. The maximum Gasteiger partial charge on any atom is 1.00 e. The van der Waals surface area contributed by atoms with Crippen LogP contribution < -0.4 is 11.7 Å². The highest BCUT2D eigenvalue weighted by molar-refractivity contribution is 6.30. The van der Waals surface area contributed by atoms with Crippen LogP contribution in [0, 0.1) is 0 Å². The van der Waals surface area contributed by atoms with Crippen molar-refractivity contribution in [2.45, 2.75) is 0 Å². The van der Waals surface area contributed by atoms with E-state index in [-0.39, 0.29) is 1.43 Å². The maximum atomic E-state index is 5.54. The molecule has 0 spiro atoms. The van der Waals surface area contributed by atoms with Crippen molar-refractivity contribution < 1.29 is 1.43 Å². The van der Waals surface area contributed by atoms with Crippen LogP contribution in [0.3, 0.4) is 0 Å². The summed E-state index contributed by atoms with van der Waals surface area (Å²) in [4.78, 5) is 0. The zero-order chi connectivity index (χ0) is 7.11. The number of hydrogen-bond acceptors (Lipinski definition) is 2. The largest absolute Gasteiger partial charge is 1.00 e. The molecule has 0 amide bonds. The summed E-state index contributed by atoms with van der Waals surface area (Å²) in [6.45, 7) is 0. The molecule has 0 saturated carbocycles. The zero-order valence-electron chi connectivity index (χ0n) is 5.92. The lowest BCUT2D eigenvalue weighted by Crippen LogP contribution is -2.02. The molecule has 0 atom stereocenters. The van der Waals surface area contributed by atoms with Gasteiger partial charge in [0.1, 0.15) is 0 Å². The van der Waals surface area contributed by atoms with Crippen LogP contribution in [0.15, 0.2) is 30.3 Å². The maximum absolute atomic E-state index is 5.54. The molecule has 9 heavy (non-hydrogen) atoms. The minimum atomic E-state index is 0. The monoisotopic (exact) mass is 145 g/mol. The Morgan fingerprint density at radius 3 is 1.78 bits per heavy atom. The summed E-state index contributed by atoms with van der Waals surface area (Å²) in [5.41, 5.74) is 0. The first-order chi connectivity index (χ1) is 4.39. The van der Waals surface area contributed by atoms with Crippen molar-refractivity contribution in [1.29, 1.82) is 0 Å². The van der Waals surface area contributed by atoms with Crippen molar-refractivity contribution in [3.05, 3.63) is 35.4 Å². The first-order valence-electron chi connectivity index (χ1n) is 2.43. The fraction of sp³-hybridized carbons (Fsp3) is 0. The van der Waals surface area contributed by atoms with Crippen LogP contribution in [0.2, 0.25) is 5.02 Å². The van der Waals surface area contributed by atoms with Crippen molar-refractivity contribution in [2.24, 2.45) is 11.7 Å². The van der Waals surface area contributed by atoms with E-state index in [1.54, 1.807) is 0 Å². The van der Waals surface area contributed by atoms with Crippen LogP contribution in [-0.2, 0) is 0 Å². The fourth-order valence-corrected chi connectivity index (χ4v) is 0.560. The summed E-state index contributed by atoms with van der Waals surface area (Å²) < 4.78 is 0. The van der Waals surface area contributed by atoms with Gasteiger partial charge in [-0.25, -0.2) is 0 Å². The molecule has 4 N–H and O–H groups in total. The Bertz CT molecular complexity index is 146. The zero-order valence-corrected chi connectivity index (χ0v) is 5.68. The third-order valence-corrected chi connectivity index (χ3v) is 0.985. The Morgan fingerprint density at radius 2 is 1.56 bits per heavy atom. The van der Waals surface area contributed by atoms with Crippen LogP contribution in [0.1, 0.15) is 1.43 Å². The van der Waals surface area contributed by atoms with E-state index < -0.39 is 0 Å². The van der Waals surface area contributed by atoms with Gasteiger partial charge < -0.3 is 0 Å². The first-order valence-corrected chi connectivity index (χ1v) is 2.81. The van der Waals surface area contributed by atoms with Gasteiger partial charge in [-0.2, -0.15) is 0 Å². The van der Waals surface area contributed by atoms with Crippen molar-refractivity contribution in [3.8, 4) is 0 Å². The van der Waals surface area contributed by atoms with Crippen LogP contribution in [0.5, 0.6) is 0 Å². The van der Waals surface area contributed by atoms with Gasteiger partial charge in [-0.15, -0.1) is 0 Å². The van der Waals surface area contributed by atoms with Gasteiger partial charge >= 0.3 is 1.43 Å². The molecule has 1 rings (SSSR count). The summed E-state index contributed by atoms with van der Waals surface area (Å²) in [5.74, 6) is 8.00. The van der Waals surface area contributed by atoms with E-state index >= 15 is 0 Å². The van der Waals surface area contributed by atoms with Crippen LogP contribution in [0.25, 0.3) is 0 Å². The number of nitrogens with two attached hydrogens (primary N) is 2.